The Balaban J connectivity index is 3.18. The molecule has 46 valence electrons. The van der Waals surface area contributed by atoms with Crippen LogP contribution in [0.5, 0.6) is 0 Å². The molecule has 0 saturated carbocycles. The minimum atomic E-state index is -0.585. The van der Waals surface area contributed by atoms with Gasteiger partial charge in [0.25, 0.3) is 0 Å². The third kappa shape index (κ3) is 5.16. The van der Waals surface area contributed by atoms with Gasteiger partial charge in [0.05, 0.1) is 0 Å². The Bertz CT molecular complexity index is 99.1. The van der Waals surface area contributed by atoms with Gasteiger partial charge in [0.15, 0.2) is 0 Å². The molecule has 8 heavy (non-hydrogen) atoms. The van der Waals surface area contributed by atoms with E-state index in [2.05, 4.69) is 22.0 Å². The maximum Gasteiger partial charge on any atom is 0.352 e. The number of thiocarbonyl (C=S) groups is 1. The highest BCUT2D eigenvalue weighted by Crippen LogP contribution is 1.77. The summed E-state index contributed by atoms with van der Waals surface area (Å²) in [6.07, 6.45) is 0. The van der Waals surface area contributed by atoms with Crippen LogP contribution in [-0.2, 0) is 14.6 Å². The summed E-state index contributed by atoms with van der Waals surface area (Å²) in [4.78, 5) is 17.7. The second-order valence-corrected chi connectivity index (χ2v) is 1.38. The summed E-state index contributed by atoms with van der Waals surface area (Å²) in [5.41, 5.74) is 4.77. The molecule has 0 amide bonds. The lowest BCUT2D eigenvalue weighted by Gasteiger charge is -1.95. The molecule has 0 aromatic rings. The Kier molecular flexibility index (Phi) is 2.86. The normalized spacial score (nSPS) is 7.62. The van der Waals surface area contributed by atoms with Gasteiger partial charge in [0.1, 0.15) is 0 Å². The Morgan fingerprint density at radius 2 is 2.12 bits per heavy atom. The Labute approximate surface area is 51.5 Å². The van der Waals surface area contributed by atoms with E-state index in [4.69, 9.17) is 5.73 Å². The lowest BCUT2D eigenvalue weighted by atomic mass is 10.8. The monoisotopic (exact) mass is 135 g/mol. The van der Waals surface area contributed by atoms with Crippen LogP contribution in [0.25, 0.3) is 0 Å². The van der Waals surface area contributed by atoms with Gasteiger partial charge in [-0.3, -0.25) is 4.89 Å². The zero-order chi connectivity index (χ0) is 6.57. The van der Waals surface area contributed by atoms with Crippen molar-refractivity contribution in [3.63, 3.8) is 0 Å². The van der Waals surface area contributed by atoms with Crippen molar-refractivity contribution in [3.8, 4) is 0 Å². The molecule has 0 atom stereocenters. The smallest absolute Gasteiger partial charge is 0.352 e. The van der Waals surface area contributed by atoms with Crippen LogP contribution in [0.1, 0.15) is 6.92 Å². The Morgan fingerprint density at radius 3 is 2.25 bits per heavy atom. The summed E-state index contributed by atoms with van der Waals surface area (Å²) in [5, 5.41) is -0.305. The molecular weight excluding hydrogens is 130 g/mol. The molecule has 0 fully saturated rings. The van der Waals surface area contributed by atoms with Gasteiger partial charge in [-0.25, -0.2) is 9.68 Å². The summed E-state index contributed by atoms with van der Waals surface area (Å²) < 4.78 is 0. The molecule has 0 bridgehead atoms. The van der Waals surface area contributed by atoms with E-state index in [-0.39, 0.29) is 5.17 Å². The highest BCUT2D eigenvalue weighted by molar-refractivity contribution is 7.79. The van der Waals surface area contributed by atoms with Crippen LogP contribution in [0.2, 0.25) is 0 Å². The van der Waals surface area contributed by atoms with E-state index >= 15 is 0 Å². The molecule has 0 heterocycles. The predicted molar refractivity (Wildman–Crippen MR) is 29.6 cm³/mol. The Morgan fingerprint density at radius 1 is 1.62 bits per heavy atom. The fraction of sp³-hybridized carbons (Fsp3) is 0.333. The van der Waals surface area contributed by atoms with Crippen LogP contribution in [0.4, 0.5) is 0 Å². The first-order valence-electron chi connectivity index (χ1n) is 1.77. The van der Waals surface area contributed by atoms with Gasteiger partial charge in [-0.1, -0.05) is 0 Å². The average Bonchev–Trinajstić information content (AvgIpc) is 1.61. The van der Waals surface area contributed by atoms with E-state index in [1.165, 1.54) is 6.92 Å². The third-order valence-corrected chi connectivity index (χ3v) is 0.309. The van der Waals surface area contributed by atoms with Crippen molar-refractivity contribution in [3.05, 3.63) is 0 Å². The Hall–Kier alpha value is -0.840. The first kappa shape index (κ1) is 7.16. The molecule has 0 radical (unpaired) electrons. The van der Waals surface area contributed by atoms with E-state index in [1.54, 1.807) is 0 Å². The average molecular weight is 135 g/mol. The van der Waals surface area contributed by atoms with Crippen LogP contribution in [0.3, 0.4) is 0 Å². The molecule has 0 spiro atoms. The number of nitrogens with two attached hydrogens (primary N) is 1. The molecule has 0 unspecified atom stereocenters. The largest absolute Gasteiger partial charge is 0.357 e. The molecule has 0 aliphatic heterocycles. The number of carbonyl (C=O) groups excluding carboxylic acids is 1. The first-order chi connectivity index (χ1) is 3.63. The van der Waals surface area contributed by atoms with Crippen molar-refractivity contribution >= 4 is 23.4 Å². The highest BCUT2D eigenvalue weighted by Gasteiger charge is 1.92. The summed E-state index contributed by atoms with van der Waals surface area (Å²) in [6, 6.07) is 0. The predicted octanol–water partition coefficient (Wildman–Crippen LogP) is -0.275. The lowest BCUT2D eigenvalue weighted by Crippen LogP contribution is -2.14. The van der Waals surface area contributed by atoms with Crippen molar-refractivity contribution in [2.75, 3.05) is 0 Å². The maximum absolute atomic E-state index is 9.89. The van der Waals surface area contributed by atoms with Crippen molar-refractivity contribution in [1.29, 1.82) is 0 Å². The van der Waals surface area contributed by atoms with Gasteiger partial charge >= 0.3 is 11.1 Å². The molecule has 0 saturated heterocycles. The van der Waals surface area contributed by atoms with E-state index in [0.717, 1.165) is 0 Å². The summed E-state index contributed by atoms with van der Waals surface area (Å²) in [6.45, 7) is 1.18. The molecule has 0 aliphatic rings. The van der Waals surface area contributed by atoms with Gasteiger partial charge in [-0.05, 0) is 12.2 Å². The van der Waals surface area contributed by atoms with Crippen molar-refractivity contribution in [2.24, 2.45) is 5.73 Å². The van der Waals surface area contributed by atoms with Gasteiger partial charge in [0, 0.05) is 6.92 Å². The van der Waals surface area contributed by atoms with Crippen LogP contribution >= 0.6 is 12.2 Å². The topological polar surface area (TPSA) is 61.5 Å². The van der Waals surface area contributed by atoms with E-state index in [9.17, 15) is 4.79 Å². The van der Waals surface area contributed by atoms with Gasteiger partial charge in [0.2, 0.25) is 0 Å². The summed E-state index contributed by atoms with van der Waals surface area (Å²) in [5.74, 6) is -0.585. The van der Waals surface area contributed by atoms with Crippen LogP contribution in [-0.4, -0.2) is 11.1 Å². The van der Waals surface area contributed by atoms with Crippen LogP contribution in [0, 0.1) is 0 Å². The zero-order valence-corrected chi connectivity index (χ0v) is 5.03. The quantitative estimate of drug-likeness (QED) is 0.281. The highest BCUT2D eigenvalue weighted by atomic mass is 32.1. The van der Waals surface area contributed by atoms with Gasteiger partial charge < -0.3 is 5.73 Å². The van der Waals surface area contributed by atoms with Gasteiger partial charge in [-0.2, -0.15) is 0 Å². The minimum absolute atomic E-state index is 0.305. The molecule has 0 aromatic heterocycles. The zero-order valence-electron chi connectivity index (χ0n) is 4.21. The third-order valence-electron chi connectivity index (χ3n) is 0.241. The molecule has 2 N–H and O–H groups in total. The fourth-order valence-electron chi connectivity index (χ4n) is 0.0997. The van der Waals surface area contributed by atoms with E-state index < -0.39 is 5.97 Å². The lowest BCUT2D eigenvalue weighted by molar-refractivity contribution is -0.218. The van der Waals surface area contributed by atoms with Crippen molar-refractivity contribution < 1.29 is 14.6 Å². The number of carbonyl (C=O) groups is 1. The molecule has 0 aliphatic carbocycles. The van der Waals surface area contributed by atoms with Crippen molar-refractivity contribution in [2.45, 2.75) is 6.92 Å². The number of hydrogen-bond acceptors (Lipinski definition) is 4. The molecular formula is C3H5NO3S. The minimum Gasteiger partial charge on any atom is -0.357 e. The van der Waals surface area contributed by atoms with Gasteiger partial charge in [-0.15, -0.1) is 0 Å². The number of hydrogen-bond donors (Lipinski definition) is 1. The maximum atomic E-state index is 9.89. The summed E-state index contributed by atoms with van der Waals surface area (Å²) >= 11 is 4.19. The number of rotatable bonds is 0. The molecule has 4 nitrogen and oxygen atoms in total. The molecule has 5 heteroatoms. The second kappa shape index (κ2) is 3.20. The molecule has 0 aromatic carbocycles. The van der Waals surface area contributed by atoms with Crippen molar-refractivity contribution in [1.82, 2.24) is 0 Å². The van der Waals surface area contributed by atoms with E-state index in [0.29, 0.717) is 0 Å². The fourth-order valence-corrected chi connectivity index (χ4v) is 0.134. The summed E-state index contributed by atoms with van der Waals surface area (Å²) in [7, 11) is 0. The molecule has 0 rings (SSSR count). The van der Waals surface area contributed by atoms with Crippen LogP contribution in [0.15, 0.2) is 0 Å². The second-order valence-electron chi connectivity index (χ2n) is 0.977. The van der Waals surface area contributed by atoms with E-state index in [1.807, 2.05) is 0 Å². The standard InChI is InChI=1S/C3H5NO3S/c1-2(5)6-7-3(4)8/h1H3,(H2,4,8). The van der Waals surface area contributed by atoms with Crippen LogP contribution < -0.4 is 5.73 Å². The first-order valence-corrected chi connectivity index (χ1v) is 2.18. The SMILES string of the molecule is CC(=O)OOC(N)=S.